The molecule has 0 atom stereocenters. The Kier molecular flexibility index (Phi) is 5.61. The molecular weight excluding hydrogens is 425 g/mol. The van der Waals surface area contributed by atoms with Gasteiger partial charge in [-0.3, -0.25) is 9.78 Å². The van der Waals surface area contributed by atoms with Crippen LogP contribution in [0.3, 0.4) is 0 Å². The monoisotopic (exact) mass is 441 g/mol. The summed E-state index contributed by atoms with van der Waals surface area (Å²) in [5.74, 6) is 1.17. The van der Waals surface area contributed by atoms with Gasteiger partial charge in [-0.15, -0.1) is 0 Å². The average Bonchev–Trinajstić information content (AvgIpc) is 3.27. The summed E-state index contributed by atoms with van der Waals surface area (Å²) in [7, 11) is 3.04. The number of methoxy groups -OCH3 is 2. The van der Waals surface area contributed by atoms with E-state index < -0.39 is 0 Å². The number of hydrogen-bond donors (Lipinski definition) is 1. The molecule has 0 spiro atoms. The number of ether oxygens (including phenoxy) is 2. The van der Waals surface area contributed by atoms with Gasteiger partial charge in [-0.05, 0) is 17.7 Å². The topological polar surface area (TPSA) is 72.8 Å². The van der Waals surface area contributed by atoms with Gasteiger partial charge in [0.25, 0.3) is 5.91 Å². The van der Waals surface area contributed by atoms with Crippen molar-refractivity contribution >= 4 is 45.8 Å². The van der Waals surface area contributed by atoms with Crippen LogP contribution in [-0.4, -0.2) is 30.9 Å². The second-order valence-corrected chi connectivity index (χ2v) is 7.22. The number of rotatable bonds is 4. The van der Waals surface area contributed by atoms with E-state index in [9.17, 15) is 4.79 Å². The summed E-state index contributed by atoms with van der Waals surface area (Å²) >= 11 is 13.2. The van der Waals surface area contributed by atoms with Gasteiger partial charge in [0.2, 0.25) is 0 Å². The number of pyridine rings is 1. The zero-order valence-corrected chi connectivity index (χ0v) is 17.7. The first-order valence-corrected chi connectivity index (χ1v) is 9.81. The lowest BCUT2D eigenvalue weighted by Crippen LogP contribution is -2.29. The molecule has 1 aliphatic heterocycles. The minimum absolute atomic E-state index is 0.284. The van der Waals surface area contributed by atoms with E-state index in [4.69, 9.17) is 32.7 Å². The Morgan fingerprint density at radius 2 is 1.83 bits per heavy atom. The van der Waals surface area contributed by atoms with Gasteiger partial charge in [0.1, 0.15) is 17.3 Å². The molecule has 2 heterocycles. The third-order valence-corrected chi connectivity index (χ3v) is 5.51. The minimum atomic E-state index is -0.284. The van der Waals surface area contributed by atoms with Crippen LogP contribution in [0.1, 0.15) is 16.8 Å². The molecule has 4 rings (SSSR count). The van der Waals surface area contributed by atoms with Crippen LogP contribution in [0.2, 0.25) is 10.0 Å². The van der Waals surface area contributed by atoms with Crippen LogP contribution < -0.4 is 14.8 Å². The minimum Gasteiger partial charge on any atom is -0.495 e. The van der Waals surface area contributed by atoms with E-state index >= 15 is 0 Å². The maximum Gasteiger partial charge on any atom is 0.258 e. The zero-order valence-electron chi connectivity index (χ0n) is 16.2. The lowest BCUT2D eigenvalue weighted by atomic mass is 9.97. The highest BCUT2D eigenvalue weighted by Crippen LogP contribution is 2.47. The number of fused-ring (bicyclic) bond motifs is 1. The van der Waals surface area contributed by atoms with E-state index in [1.807, 2.05) is 12.1 Å². The van der Waals surface area contributed by atoms with Crippen molar-refractivity contribution in [3.05, 3.63) is 64.4 Å². The van der Waals surface area contributed by atoms with E-state index in [0.29, 0.717) is 56.0 Å². The van der Waals surface area contributed by atoms with E-state index in [1.165, 1.54) is 14.2 Å². The van der Waals surface area contributed by atoms with Crippen molar-refractivity contribution in [1.82, 2.24) is 10.3 Å². The fourth-order valence-electron chi connectivity index (χ4n) is 3.34. The third kappa shape index (κ3) is 3.49. The standard InChI is InChI=1S/C22H17Cl2N3O3/c1-29-15-11-16(30-2)20(24)18(19(15)23)12-7-8-14(21-13(12)5-3-10-26-21)22(28)27-17-6-4-9-25-17/h3-5,7-11H,6H2,1-2H3,(H,25,27,28). The molecule has 0 radical (unpaired) electrons. The molecule has 2 aromatic carbocycles. The molecule has 1 amide bonds. The normalized spacial score (nSPS) is 12.7. The van der Waals surface area contributed by atoms with Crippen LogP contribution >= 0.6 is 23.2 Å². The molecule has 1 aromatic heterocycles. The van der Waals surface area contributed by atoms with Crippen molar-refractivity contribution in [2.75, 3.05) is 14.2 Å². The fraction of sp³-hybridized carbons (Fsp3) is 0.136. The summed E-state index contributed by atoms with van der Waals surface area (Å²) in [6, 6.07) is 8.77. The summed E-state index contributed by atoms with van der Waals surface area (Å²) < 4.78 is 10.8. The number of nitrogens with zero attached hydrogens (tertiary/aromatic N) is 2. The predicted octanol–water partition coefficient (Wildman–Crippen LogP) is 5.27. The van der Waals surface area contributed by atoms with Crippen molar-refractivity contribution in [2.45, 2.75) is 6.42 Å². The number of amidine groups is 1. The Bertz CT molecular complexity index is 1190. The Labute approximate surface area is 183 Å². The van der Waals surface area contributed by atoms with Gasteiger partial charge < -0.3 is 14.8 Å². The summed E-state index contributed by atoms with van der Waals surface area (Å²) in [5, 5.41) is 4.23. The Hall–Kier alpha value is -3.09. The molecule has 30 heavy (non-hydrogen) atoms. The largest absolute Gasteiger partial charge is 0.495 e. The number of carbonyl (C=O) groups is 1. The van der Waals surface area contributed by atoms with Crippen molar-refractivity contribution in [2.24, 2.45) is 4.99 Å². The molecule has 0 bridgehead atoms. The zero-order chi connectivity index (χ0) is 21.3. The Balaban J connectivity index is 1.90. The first-order valence-electron chi connectivity index (χ1n) is 9.06. The lowest BCUT2D eigenvalue weighted by molar-refractivity contribution is 0.0978. The molecular formula is C22H17Cl2N3O3. The Morgan fingerprint density at radius 3 is 2.47 bits per heavy atom. The van der Waals surface area contributed by atoms with Gasteiger partial charge >= 0.3 is 0 Å². The highest BCUT2D eigenvalue weighted by Gasteiger charge is 2.22. The molecule has 152 valence electrons. The SMILES string of the molecule is COc1cc(OC)c(Cl)c(-c2ccc(C(=O)NC3=NC=CC3)c3ncccc23)c1Cl. The number of hydrogen-bond acceptors (Lipinski definition) is 5. The first-order chi connectivity index (χ1) is 14.5. The number of nitrogens with one attached hydrogen (secondary N) is 1. The first kappa shape index (κ1) is 20.2. The number of benzene rings is 2. The smallest absolute Gasteiger partial charge is 0.258 e. The van der Waals surface area contributed by atoms with E-state index in [1.54, 1.807) is 36.7 Å². The number of amides is 1. The molecule has 0 saturated carbocycles. The quantitative estimate of drug-likeness (QED) is 0.598. The molecule has 0 fully saturated rings. The number of aliphatic imine (C=N–C) groups is 1. The molecule has 1 N–H and O–H groups in total. The molecule has 0 unspecified atom stereocenters. The van der Waals surface area contributed by atoms with Crippen molar-refractivity contribution in [3.63, 3.8) is 0 Å². The highest BCUT2D eigenvalue weighted by atomic mass is 35.5. The van der Waals surface area contributed by atoms with Crippen molar-refractivity contribution < 1.29 is 14.3 Å². The van der Waals surface area contributed by atoms with E-state index in [0.717, 1.165) is 5.39 Å². The van der Waals surface area contributed by atoms with Gasteiger partial charge in [-0.2, -0.15) is 0 Å². The molecule has 0 aliphatic carbocycles. The molecule has 6 nitrogen and oxygen atoms in total. The molecule has 3 aromatic rings. The van der Waals surface area contributed by atoms with Crippen LogP contribution in [0.4, 0.5) is 0 Å². The van der Waals surface area contributed by atoms with Crippen molar-refractivity contribution in [1.29, 1.82) is 0 Å². The summed E-state index contributed by atoms with van der Waals surface area (Å²) in [6.07, 6.45) is 5.75. The van der Waals surface area contributed by atoms with Crippen molar-refractivity contribution in [3.8, 4) is 22.6 Å². The van der Waals surface area contributed by atoms with Crippen LogP contribution in [0.5, 0.6) is 11.5 Å². The van der Waals surface area contributed by atoms with E-state index in [-0.39, 0.29) is 5.91 Å². The summed E-state index contributed by atoms with van der Waals surface area (Å²) in [4.78, 5) is 21.4. The maximum atomic E-state index is 12.8. The second-order valence-electron chi connectivity index (χ2n) is 6.46. The molecule has 0 saturated heterocycles. The third-order valence-electron chi connectivity index (χ3n) is 4.76. The average molecular weight is 442 g/mol. The maximum absolute atomic E-state index is 12.8. The van der Waals surface area contributed by atoms with Crippen LogP contribution in [0.15, 0.2) is 53.8 Å². The molecule has 8 heteroatoms. The van der Waals surface area contributed by atoms with Crippen LogP contribution in [0.25, 0.3) is 22.0 Å². The van der Waals surface area contributed by atoms with Gasteiger partial charge in [0.15, 0.2) is 0 Å². The second kappa shape index (κ2) is 8.34. The highest BCUT2D eigenvalue weighted by molar-refractivity contribution is 6.41. The number of carbonyl (C=O) groups excluding carboxylic acids is 1. The number of halogens is 2. The van der Waals surface area contributed by atoms with Gasteiger partial charge in [-0.25, -0.2) is 4.99 Å². The number of aromatic nitrogens is 1. The Morgan fingerprint density at radius 1 is 1.10 bits per heavy atom. The summed E-state index contributed by atoms with van der Waals surface area (Å²) in [5.41, 5.74) is 2.20. The van der Waals surface area contributed by atoms with Crippen LogP contribution in [0, 0.1) is 0 Å². The molecule has 1 aliphatic rings. The van der Waals surface area contributed by atoms with Gasteiger partial charge in [0, 0.05) is 35.8 Å². The fourth-order valence-corrected chi connectivity index (χ4v) is 4.04. The summed E-state index contributed by atoms with van der Waals surface area (Å²) in [6.45, 7) is 0. The predicted molar refractivity (Wildman–Crippen MR) is 119 cm³/mol. The van der Waals surface area contributed by atoms with Gasteiger partial charge in [-0.1, -0.05) is 41.4 Å². The van der Waals surface area contributed by atoms with Crippen LogP contribution in [-0.2, 0) is 0 Å². The van der Waals surface area contributed by atoms with Gasteiger partial charge in [0.05, 0.1) is 35.3 Å². The van der Waals surface area contributed by atoms with E-state index in [2.05, 4.69) is 15.3 Å². The lowest BCUT2D eigenvalue weighted by Gasteiger charge is -2.17.